The van der Waals surface area contributed by atoms with Gasteiger partial charge in [-0.2, -0.15) is 0 Å². The highest BCUT2D eigenvalue weighted by molar-refractivity contribution is 6.30. The quantitative estimate of drug-likeness (QED) is 0.430. The van der Waals surface area contributed by atoms with Crippen molar-refractivity contribution in [3.63, 3.8) is 0 Å². The van der Waals surface area contributed by atoms with Crippen molar-refractivity contribution in [2.24, 2.45) is 10.7 Å². The van der Waals surface area contributed by atoms with E-state index in [1.54, 1.807) is 6.07 Å². The van der Waals surface area contributed by atoms with E-state index in [-0.39, 0.29) is 5.91 Å². The first-order valence-corrected chi connectivity index (χ1v) is 9.95. The van der Waals surface area contributed by atoms with Gasteiger partial charge in [-0.1, -0.05) is 17.7 Å². The minimum absolute atomic E-state index is 0.115. The SMILES string of the molecule is CC(=O)Nc1cccc(OCCN=C(N)N2CCN(c3ccc(Cl)cc3)CC2)c1. The number of ether oxygens (including phenoxy) is 1. The standard InChI is InChI=1S/C21H26ClN5O2/c1-16(28)25-18-3-2-4-20(15-18)29-14-9-24-21(23)27-12-10-26(11-13-27)19-7-5-17(22)6-8-19/h2-8,15H,9-14H2,1H3,(H2,23,24)(H,25,28). The van der Waals surface area contributed by atoms with Gasteiger partial charge in [-0.15, -0.1) is 0 Å². The van der Waals surface area contributed by atoms with Crippen molar-refractivity contribution < 1.29 is 9.53 Å². The summed E-state index contributed by atoms with van der Waals surface area (Å²) in [7, 11) is 0. The Morgan fingerprint density at radius 1 is 1.17 bits per heavy atom. The van der Waals surface area contributed by atoms with Crippen molar-refractivity contribution >= 4 is 34.8 Å². The van der Waals surface area contributed by atoms with Crippen LogP contribution in [-0.4, -0.2) is 56.1 Å². The lowest BCUT2D eigenvalue weighted by Gasteiger charge is -2.36. The van der Waals surface area contributed by atoms with Crippen LogP contribution in [0, 0.1) is 0 Å². The number of nitrogens with zero attached hydrogens (tertiary/aromatic N) is 3. The lowest BCUT2D eigenvalue weighted by atomic mass is 10.2. The minimum atomic E-state index is -0.115. The van der Waals surface area contributed by atoms with E-state index < -0.39 is 0 Å². The van der Waals surface area contributed by atoms with Crippen molar-refractivity contribution in [1.29, 1.82) is 0 Å². The Morgan fingerprint density at radius 3 is 2.59 bits per heavy atom. The summed E-state index contributed by atoms with van der Waals surface area (Å²) in [5, 5.41) is 3.47. The predicted octanol–water partition coefficient (Wildman–Crippen LogP) is 2.81. The molecule has 29 heavy (non-hydrogen) atoms. The molecular formula is C21H26ClN5O2. The molecule has 0 aliphatic carbocycles. The molecule has 1 aliphatic heterocycles. The number of guanidine groups is 1. The van der Waals surface area contributed by atoms with Gasteiger partial charge in [0.25, 0.3) is 0 Å². The fourth-order valence-corrected chi connectivity index (χ4v) is 3.26. The molecule has 0 saturated carbocycles. The number of carbonyl (C=O) groups excluding carboxylic acids is 1. The molecule has 3 N–H and O–H groups in total. The van der Waals surface area contributed by atoms with Crippen molar-refractivity contribution in [1.82, 2.24) is 4.90 Å². The molecule has 8 heteroatoms. The van der Waals surface area contributed by atoms with Gasteiger partial charge in [-0.3, -0.25) is 4.79 Å². The number of nitrogens with one attached hydrogen (secondary N) is 1. The van der Waals surface area contributed by atoms with Crippen molar-refractivity contribution in [3.8, 4) is 5.75 Å². The summed E-state index contributed by atoms with van der Waals surface area (Å²) in [5.74, 6) is 1.11. The van der Waals surface area contributed by atoms with Crippen LogP contribution in [0.4, 0.5) is 11.4 Å². The van der Waals surface area contributed by atoms with Crippen LogP contribution in [0.1, 0.15) is 6.92 Å². The lowest BCUT2D eigenvalue weighted by Crippen LogP contribution is -2.51. The molecule has 0 aromatic heterocycles. The van der Waals surface area contributed by atoms with Gasteiger partial charge in [0.2, 0.25) is 5.91 Å². The smallest absolute Gasteiger partial charge is 0.221 e. The number of carbonyl (C=O) groups is 1. The molecule has 0 radical (unpaired) electrons. The summed E-state index contributed by atoms with van der Waals surface area (Å²) in [6.07, 6.45) is 0. The van der Waals surface area contributed by atoms with E-state index in [1.807, 2.05) is 42.5 Å². The fourth-order valence-electron chi connectivity index (χ4n) is 3.14. The number of halogens is 1. The number of rotatable bonds is 6. The van der Waals surface area contributed by atoms with Crippen LogP contribution in [0.25, 0.3) is 0 Å². The summed E-state index contributed by atoms with van der Waals surface area (Å²) in [6, 6.07) is 15.2. The Labute approximate surface area is 176 Å². The first-order valence-electron chi connectivity index (χ1n) is 9.57. The third-order valence-corrected chi connectivity index (χ3v) is 4.84. The molecule has 2 aromatic rings. The maximum Gasteiger partial charge on any atom is 0.221 e. The van der Waals surface area contributed by atoms with Crippen LogP contribution >= 0.6 is 11.6 Å². The average molecular weight is 416 g/mol. The Balaban J connectivity index is 1.42. The molecule has 1 saturated heterocycles. The van der Waals surface area contributed by atoms with Crippen molar-refractivity contribution in [3.05, 3.63) is 53.6 Å². The fraction of sp³-hybridized carbons (Fsp3) is 0.333. The lowest BCUT2D eigenvalue weighted by molar-refractivity contribution is -0.114. The summed E-state index contributed by atoms with van der Waals surface area (Å²) in [5.41, 5.74) is 8.02. The Morgan fingerprint density at radius 2 is 1.90 bits per heavy atom. The van der Waals surface area contributed by atoms with Gasteiger partial charge in [-0.05, 0) is 36.4 Å². The summed E-state index contributed by atoms with van der Waals surface area (Å²) < 4.78 is 5.70. The normalized spacial score (nSPS) is 14.6. The van der Waals surface area contributed by atoms with E-state index in [2.05, 4.69) is 20.1 Å². The van der Waals surface area contributed by atoms with Crippen LogP contribution in [0.2, 0.25) is 5.02 Å². The van der Waals surface area contributed by atoms with E-state index in [0.29, 0.717) is 30.5 Å². The number of benzene rings is 2. The largest absolute Gasteiger partial charge is 0.492 e. The zero-order chi connectivity index (χ0) is 20.6. The van der Waals surface area contributed by atoms with Gasteiger partial charge in [0.15, 0.2) is 5.96 Å². The second kappa shape index (κ2) is 10.0. The second-order valence-electron chi connectivity index (χ2n) is 6.75. The van der Waals surface area contributed by atoms with Crippen LogP contribution in [0.15, 0.2) is 53.5 Å². The molecule has 0 unspecified atom stereocenters. The number of hydrogen-bond acceptors (Lipinski definition) is 4. The van der Waals surface area contributed by atoms with E-state index in [1.165, 1.54) is 12.6 Å². The van der Waals surface area contributed by atoms with Gasteiger partial charge in [0, 0.05) is 55.6 Å². The van der Waals surface area contributed by atoms with Gasteiger partial charge in [0.1, 0.15) is 12.4 Å². The Kier molecular flexibility index (Phi) is 7.19. The zero-order valence-corrected chi connectivity index (χ0v) is 17.2. The molecule has 1 amide bonds. The molecule has 1 heterocycles. The van der Waals surface area contributed by atoms with Crippen LogP contribution in [0.3, 0.4) is 0 Å². The number of amides is 1. The molecule has 0 bridgehead atoms. The van der Waals surface area contributed by atoms with Crippen LogP contribution in [-0.2, 0) is 4.79 Å². The van der Waals surface area contributed by atoms with Gasteiger partial charge < -0.3 is 25.6 Å². The molecule has 3 rings (SSSR count). The number of piperazine rings is 1. The zero-order valence-electron chi connectivity index (χ0n) is 16.5. The number of hydrogen-bond donors (Lipinski definition) is 2. The predicted molar refractivity (Wildman–Crippen MR) is 118 cm³/mol. The van der Waals surface area contributed by atoms with Crippen molar-refractivity contribution in [2.45, 2.75) is 6.92 Å². The first kappa shape index (κ1) is 20.8. The van der Waals surface area contributed by atoms with Gasteiger partial charge in [-0.25, -0.2) is 4.99 Å². The molecular weight excluding hydrogens is 390 g/mol. The van der Waals surface area contributed by atoms with E-state index in [0.717, 1.165) is 31.2 Å². The number of aliphatic imine (C=N–C) groups is 1. The summed E-state index contributed by atoms with van der Waals surface area (Å²) in [4.78, 5) is 20.0. The molecule has 0 atom stereocenters. The third kappa shape index (κ3) is 6.29. The molecule has 7 nitrogen and oxygen atoms in total. The molecule has 1 aliphatic rings. The number of anilines is 2. The maximum atomic E-state index is 11.1. The average Bonchev–Trinajstić information content (AvgIpc) is 2.71. The molecule has 2 aromatic carbocycles. The topological polar surface area (TPSA) is 83.2 Å². The van der Waals surface area contributed by atoms with Gasteiger partial charge in [0.05, 0.1) is 6.54 Å². The Hall–Kier alpha value is -2.93. The summed E-state index contributed by atoms with van der Waals surface area (Å²) in [6.45, 7) is 5.74. The van der Waals surface area contributed by atoms with Crippen LogP contribution < -0.4 is 20.7 Å². The highest BCUT2D eigenvalue weighted by Crippen LogP contribution is 2.19. The maximum absolute atomic E-state index is 11.1. The molecule has 0 spiro atoms. The Bertz CT molecular complexity index is 848. The first-order chi connectivity index (χ1) is 14.0. The van der Waals surface area contributed by atoms with Gasteiger partial charge >= 0.3 is 0 Å². The second-order valence-corrected chi connectivity index (χ2v) is 7.18. The molecule has 154 valence electrons. The monoisotopic (exact) mass is 415 g/mol. The highest BCUT2D eigenvalue weighted by atomic mass is 35.5. The van der Waals surface area contributed by atoms with Crippen LogP contribution in [0.5, 0.6) is 5.75 Å². The minimum Gasteiger partial charge on any atom is -0.492 e. The van der Waals surface area contributed by atoms with E-state index >= 15 is 0 Å². The summed E-state index contributed by atoms with van der Waals surface area (Å²) >= 11 is 5.96. The van der Waals surface area contributed by atoms with E-state index in [4.69, 9.17) is 22.1 Å². The highest BCUT2D eigenvalue weighted by Gasteiger charge is 2.18. The van der Waals surface area contributed by atoms with E-state index in [9.17, 15) is 4.79 Å². The number of nitrogens with two attached hydrogens (primary N) is 1. The van der Waals surface area contributed by atoms with Crippen molar-refractivity contribution in [2.75, 3.05) is 49.5 Å². The third-order valence-electron chi connectivity index (χ3n) is 4.58. The molecule has 1 fully saturated rings.